The van der Waals surface area contributed by atoms with E-state index in [4.69, 9.17) is 9.47 Å². The van der Waals surface area contributed by atoms with Crippen molar-refractivity contribution in [2.75, 3.05) is 0 Å². The number of aldehydes is 1. The fraction of sp³-hybridized carbons (Fsp3) is 0.625. The van der Waals surface area contributed by atoms with E-state index in [2.05, 4.69) is 72.8 Å². The lowest BCUT2D eigenvalue weighted by molar-refractivity contribution is 0.0512. The number of nitrogens with one attached hydrogen (secondary N) is 3. The first-order chi connectivity index (χ1) is 22.9. The zero-order chi connectivity index (χ0) is 36.6. The third-order valence-corrected chi connectivity index (χ3v) is 8.39. The number of amides is 2. The van der Waals surface area contributed by atoms with E-state index in [-0.39, 0.29) is 6.09 Å². The summed E-state index contributed by atoms with van der Waals surface area (Å²) in [4.78, 5) is 36.1. The number of piperidine rings is 2. The van der Waals surface area contributed by atoms with Gasteiger partial charge in [0.1, 0.15) is 17.5 Å². The average Bonchev–Trinajstić information content (AvgIpc) is 3.01. The van der Waals surface area contributed by atoms with E-state index in [1.54, 1.807) is 24.3 Å². The van der Waals surface area contributed by atoms with E-state index >= 15 is 0 Å². The summed E-state index contributed by atoms with van der Waals surface area (Å²) in [7, 11) is 0. The molecule has 4 rings (SSSR count). The van der Waals surface area contributed by atoms with E-state index in [9.17, 15) is 14.4 Å². The van der Waals surface area contributed by atoms with Crippen molar-refractivity contribution < 1.29 is 23.9 Å². The minimum Gasteiger partial charge on any atom is -0.444 e. The van der Waals surface area contributed by atoms with Gasteiger partial charge in [-0.15, -0.1) is 0 Å². The Morgan fingerprint density at radius 3 is 1.45 bits per heavy atom. The molecular formula is C40H64N4O5. The van der Waals surface area contributed by atoms with E-state index in [0.29, 0.717) is 30.7 Å². The Balaban J connectivity index is 0.000000288. The van der Waals surface area contributed by atoms with Crippen LogP contribution in [0.15, 0.2) is 48.5 Å². The monoisotopic (exact) mass is 680 g/mol. The lowest BCUT2D eigenvalue weighted by Crippen LogP contribution is -2.42. The molecule has 0 radical (unpaired) electrons. The van der Waals surface area contributed by atoms with Gasteiger partial charge in [0.15, 0.2) is 0 Å². The van der Waals surface area contributed by atoms with Gasteiger partial charge in [-0.1, -0.05) is 61.4 Å². The van der Waals surface area contributed by atoms with Crippen LogP contribution in [0, 0.1) is 0 Å². The molecule has 2 amide bonds. The summed E-state index contributed by atoms with van der Waals surface area (Å²) in [5.74, 6) is 0. The van der Waals surface area contributed by atoms with Gasteiger partial charge in [0.2, 0.25) is 0 Å². The maximum atomic E-state index is 11.7. The van der Waals surface area contributed by atoms with Crippen LogP contribution in [-0.2, 0) is 29.1 Å². The van der Waals surface area contributed by atoms with Crippen molar-refractivity contribution in [3.63, 3.8) is 0 Å². The molecule has 0 saturated carbocycles. The molecule has 0 bridgehead atoms. The lowest BCUT2D eigenvalue weighted by Gasteiger charge is -2.39. The van der Waals surface area contributed by atoms with Crippen LogP contribution in [0.25, 0.3) is 0 Å². The van der Waals surface area contributed by atoms with Crippen LogP contribution in [0.5, 0.6) is 0 Å². The molecule has 3 N–H and O–H groups in total. The summed E-state index contributed by atoms with van der Waals surface area (Å²) >= 11 is 0. The molecule has 9 heteroatoms. The molecule has 0 aliphatic carbocycles. The summed E-state index contributed by atoms with van der Waals surface area (Å²) in [5.41, 5.74) is 3.00. The van der Waals surface area contributed by atoms with E-state index in [0.717, 1.165) is 36.0 Å². The van der Waals surface area contributed by atoms with Gasteiger partial charge in [-0.3, -0.25) is 9.69 Å². The van der Waals surface area contributed by atoms with Crippen LogP contribution in [0.2, 0.25) is 0 Å². The number of ether oxygens (including phenoxy) is 2. The number of carbonyl (C=O) groups excluding carboxylic acids is 3. The van der Waals surface area contributed by atoms with Crippen LogP contribution in [0.4, 0.5) is 9.59 Å². The zero-order valence-corrected chi connectivity index (χ0v) is 31.9. The van der Waals surface area contributed by atoms with E-state index in [1.807, 2.05) is 41.5 Å². The summed E-state index contributed by atoms with van der Waals surface area (Å²) in [6, 6.07) is 18.3. The van der Waals surface area contributed by atoms with Gasteiger partial charge in [0, 0.05) is 49.4 Å². The molecule has 2 heterocycles. The van der Waals surface area contributed by atoms with Crippen LogP contribution in [0.3, 0.4) is 0 Å². The molecule has 49 heavy (non-hydrogen) atoms. The van der Waals surface area contributed by atoms with Gasteiger partial charge < -0.3 is 25.4 Å². The Hall–Kier alpha value is -3.43. The van der Waals surface area contributed by atoms with Gasteiger partial charge in [-0.25, -0.2) is 9.59 Å². The van der Waals surface area contributed by atoms with Crippen LogP contribution in [-0.4, -0.2) is 58.7 Å². The first-order valence-corrected chi connectivity index (χ1v) is 18.0. The molecule has 2 aliphatic rings. The van der Waals surface area contributed by atoms with Crippen molar-refractivity contribution in [3.8, 4) is 0 Å². The van der Waals surface area contributed by atoms with Crippen LogP contribution >= 0.6 is 0 Å². The number of carbonyl (C=O) groups is 3. The summed E-state index contributed by atoms with van der Waals surface area (Å²) in [6.45, 7) is 22.1. The number of likely N-dealkylation sites (tertiary alicyclic amines) is 1. The molecule has 4 atom stereocenters. The highest BCUT2D eigenvalue weighted by Gasteiger charge is 2.24. The second-order valence-electron chi connectivity index (χ2n) is 15.6. The standard InChI is InChI=1S/C20H32N2O2.C13H17NO3.C7H15N/c1-15-7-6-8-16(2)22(15)14-18-11-9-17(10-12-18)13-21-19(23)24-20(3,4)5;1-13(2,3)17-12(16)14-8-10-4-6-11(9-15)7-5-10;1-6-4-3-5-7(2)8-6/h9-12,15-16H,6-8,13-14H2,1-5H3,(H,21,23);4-7,9H,8H2,1-3H3,(H,14,16);6-8H,3-5H2,1-2H3/t15-,16+;;6-,7+. The summed E-state index contributed by atoms with van der Waals surface area (Å²) in [5, 5.41) is 8.92. The maximum Gasteiger partial charge on any atom is 0.407 e. The highest BCUT2D eigenvalue weighted by Crippen LogP contribution is 2.24. The minimum absolute atomic E-state index is 0.373. The Morgan fingerprint density at radius 2 is 1.08 bits per heavy atom. The van der Waals surface area contributed by atoms with Crippen molar-refractivity contribution in [2.24, 2.45) is 0 Å². The Morgan fingerprint density at radius 1 is 0.694 bits per heavy atom. The van der Waals surface area contributed by atoms with Gasteiger partial charge >= 0.3 is 12.2 Å². The predicted octanol–water partition coefficient (Wildman–Crippen LogP) is 8.53. The lowest BCUT2D eigenvalue weighted by atomic mass is 9.96. The largest absolute Gasteiger partial charge is 0.444 e. The predicted molar refractivity (Wildman–Crippen MR) is 199 cm³/mol. The quantitative estimate of drug-likeness (QED) is 0.252. The van der Waals surface area contributed by atoms with Crippen molar-refractivity contribution in [1.82, 2.24) is 20.9 Å². The molecule has 274 valence electrons. The van der Waals surface area contributed by atoms with Crippen LogP contribution < -0.4 is 16.0 Å². The topological polar surface area (TPSA) is 109 Å². The SMILES string of the molecule is CC(C)(C)OC(=O)NCc1ccc(C=O)cc1.C[C@@H]1CCC[C@H](C)N1.C[C@@H]1CCC[C@H](C)N1Cc1ccc(CNC(=O)OC(C)(C)C)cc1. The molecule has 2 aromatic carbocycles. The van der Waals surface area contributed by atoms with E-state index in [1.165, 1.54) is 44.1 Å². The fourth-order valence-corrected chi connectivity index (χ4v) is 5.83. The van der Waals surface area contributed by atoms with Crippen molar-refractivity contribution in [1.29, 1.82) is 0 Å². The van der Waals surface area contributed by atoms with Crippen molar-refractivity contribution in [2.45, 2.75) is 163 Å². The molecule has 0 spiro atoms. The number of nitrogens with zero attached hydrogens (tertiary/aromatic N) is 1. The third-order valence-electron chi connectivity index (χ3n) is 8.39. The molecule has 2 saturated heterocycles. The Kier molecular flexibility index (Phi) is 17.3. The smallest absolute Gasteiger partial charge is 0.407 e. The molecule has 0 aromatic heterocycles. The summed E-state index contributed by atoms with van der Waals surface area (Å²) in [6.07, 6.45) is 8.03. The molecule has 2 fully saturated rings. The number of benzene rings is 2. The zero-order valence-electron chi connectivity index (χ0n) is 31.9. The molecule has 2 aliphatic heterocycles. The summed E-state index contributed by atoms with van der Waals surface area (Å²) < 4.78 is 10.3. The number of rotatable bonds is 7. The molecule has 2 aromatic rings. The van der Waals surface area contributed by atoms with Crippen molar-refractivity contribution in [3.05, 3.63) is 70.8 Å². The minimum atomic E-state index is -0.495. The van der Waals surface area contributed by atoms with Crippen molar-refractivity contribution >= 4 is 18.5 Å². The van der Waals surface area contributed by atoms with Gasteiger partial charge in [0.25, 0.3) is 0 Å². The number of hydrogen-bond donors (Lipinski definition) is 3. The van der Waals surface area contributed by atoms with Gasteiger partial charge in [-0.2, -0.15) is 0 Å². The Bertz CT molecular complexity index is 1250. The normalized spacial score (nSPS) is 21.1. The highest BCUT2D eigenvalue weighted by atomic mass is 16.6. The number of hydrogen-bond acceptors (Lipinski definition) is 7. The van der Waals surface area contributed by atoms with Gasteiger partial charge in [-0.05, 0) is 112 Å². The second-order valence-corrected chi connectivity index (χ2v) is 15.6. The second kappa shape index (κ2) is 20.3. The molecule has 0 unspecified atom stereocenters. The highest BCUT2D eigenvalue weighted by molar-refractivity contribution is 5.74. The Labute approximate surface area is 296 Å². The average molecular weight is 681 g/mol. The fourth-order valence-electron chi connectivity index (χ4n) is 5.83. The third kappa shape index (κ3) is 18.2. The first kappa shape index (κ1) is 41.7. The van der Waals surface area contributed by atoms with Crippen LogP contribution in [0.1, 0.15) is 135 Å². The van der Waals surface area contributed by atoms with Gasteiger partial charge in [0.05, 0.1) is 0 Å². The molecular weight excluding hydrogens is 616 g/mol. The maximum absolute atomic E-state index is 11.7. The van der Waals surface area contributed by atoms with E-state index < -0.39 is 17.3 Å². The molecule has 9 nitrogen and oxygen atoms in total. The first-order valence-electron chi connectivity index (χ1n) is 18.0. The number of alkyl carbamates (subject to hydrolysis) is 2.